The maximum absolute atomic E-state index is 13.8. The van der Waals surface area contributed by atoms with E-state index in [1.165, 1.54) is 49.3 Å². The number of ketones is 1. The Hall–Kier alpha value is -2.92. The lowest BCUT2D eigenvalue weighted by Crippen LogP contribution is -2.33. The summed E-state index contributed by atoms with van der Waals surface area (Å²) in [7, 11) is -3.82. The van der Waals surface area contributed by atoms with Crippen molar-refractivity contribution in [3.63, 3.8) is 0 Å². The van der Waals surface area contributed by atoms with Crippen LogP contribution in [0.1, 0.15) is 87.1 Å². The summed E-state index contributed by atoms with van der Waals surface area (Å²) in [5, 5.41) is 0. The Bertz CT molecular complexity index is 1160. The van der Waals surface area contributed by atoms with Gasteiger partial charge in [-0.2, -0.15) is 0 Å². The van der Waals surface area contributed by atoms with Gasteiger partial charge in [0, 0.05) is 17.7 Å². The van der Waals surface area contributed by atoms with Crippen LogP contribution in [0.15, 0.2) is 89.8 Å². The Balaban J connectivity index is 1.75. The first-order chi connectivity index (χ1) is 17.6. The van der Waals surface area contributed by atoms with Crippen LogP contribution in [0.3, 0.4) is 0 Å². The van der Waals surface area contributed by atoms with Crippen LogP contribution in [0.2, 0.25) is 0 Å². The van der Waals surface area contributed by atoms with Gasteiger partial charge in [0.2, 0.25) is 0 Å². The number of anilines is 1. The van der Waals surface area contributed by atoms with Crippen molar-refractivity contribution in [2.45, 2.75) is 76.0 Å². The van der Waals surface area contributed by atoms with E-state index in [2.05, 4.69) is 6.92 Å². The fourth-order valence-corrected chi connectivity index (χ4v) is 6.00. The van der Waals surface area contributed by atoms with Gasteiger partial charge in [-0.05, 0) is 30.7 Å². The van der Waals surface area contributed by atoms with Crippen molar-refractivity contribution in [1.29, 1.82) is 0 Å². The molecule has 0 unspecified atom stereocenters. The number of benzene rings is 3. The van der Waals surface area contributed by atoms with Gasteiger partial charge < -0.3 is 0 Å². The molecule has 4 nitrogen and oxygen atoms in total. The van der Waals surface area contributed by atoms with Crippen molar-refractivity contribution in [2.75, 3.05) is 10.8 Å². The number of hydrogen-bond acceptors (Lipinski definition) is 3. The van der Waals surface area contributed by atoms with Crippen LogP contribution < -0.4 is 4.31 Å². The molecule has 0 atom stereocenters. The van der Waals surface area contributed by atoms with Gasteiger partial charge in [-0.1, -0.05) is 125 Å². The molecule has 0 bridgehead atoms. The molecule has 0 saturated carbocycles. The minimum absolute atomic E-state index is 0.178. The van der Waals surface area contributed by atoms with E-state index in [1.54, 1.807) is 66.7 Å². The second-order valence-electron chi connectivity index (χ2n) is 9.28. The van der Waals surface area contributed by atoms with E-state index in [0.29, 0.717) is 23.4 Å². The molecule has 0 aliphatic heterocycles. The maximum atomic E-state index is 13.8. The van der Waals surface area contributed by atoms with Crippen LogP contribution in [0, 0.1) is 0 Å². The highest BCUT2D eigenvalue weighted by Crippen LogP contribution is 2.29. The van der Waals surface area contributed by atoms with Gasteiger partial charge in [0.15, 0.2) is 5.78 Å². The van der Waals surface area contributed by atoms with E-state index in [1.807, 2.05) is 18.2 Å². The molecule has 3 aromatic carbocycles. The first-order valence-corrected chi connectivity index (χ1v) is 14.8. The average Bonchev–Trinajstić information content (AvgIpc) is 2.92. The molecule has 3 aromatic rings. The highest BCUT2D eigenvalue weighted by Gasteiger charge is 2.28. The van der Waals surface area contributed by atoms with Gasteiger partial charge in [-0.25, -0.2) is 8.42 Å². The molecule has 3 rings (SSSR count). The van der Waals surface area contributed by atoms with E-state index < -0.39 is 10.0 Å². The molecule has 0 fully saturated rings. The summed E-state index contributed by atoms with van der Waals surface area (Å²) in [5.74, 6) is -0.178. The zero-order valence-corrected chi connectivity index (χ0v) is 22.3. The van der Waals surface area contributed by atoms with E-state index in [4.69, 9.17) is 0 Å². The smallest absolute Gasteiger partial charge is 0.264 e. The first-order valence-electron chi connectivity index (χ1n) is 13.3. The summed E-state index contributed by atoms with van der Waals surface area (Å²) in [6.45, 7) is 2.57. The largest absolute Gasteiger partial charge is 0.289 e. The third-order valence-corrected chi connectivity index (χ3v) is 8.33. The molecule has 0 aliphatic rings. The topological polar surface area (TPSA) is 54.5 Å². The molecule has 0 spiro atoms. The summed E-state index contributed by atoms with van der Waals surface area (Å²) in [6, 6.07) is 24.5. The van der Waals surface area contributed by atoms with Gasteiger partial charge in [0.25, 0.3) is 10.0 Å². The van der Waals surface area contributed by atoms with E-state index in [0.717, 1.165) is 19.3 Å². The van der Waals surface area contributed by atoms with Gasteiger partial charge in [0.1, 0.15) is 0 Å². The van der Waals surface area contributed by atoms with Crippen LogP contribution >= 0.6 is 0 Å². The van der Waals surface area contributed by atoms with E-state index >= 15 is 0 Å². The predicted molar refractivity (Wildman–Crippen MR) is 149 cm³/mol. The van der Waals surface area contributed by atoms with Crippen LogP contribution in [0.25, 0.3) is 0 Å². The molecule has 0 radical (unpaired) electrons. The fraction of sp³-hybridized carbons (Fsp3) is 0.387. The summed E-state index contributed by atoms with van der Waals surface area (Å²) in [5.41, 5.74) is 1.38. The number of rotatable bonds is 16. The molecule has 0 heterocycles. The first kappa shape index (κ1) is 27.7. The molecule has 0 aromatic heterocycles. The lowest BCUT2D eigenvalue weighted by atomic mass is 10.0. The van der Waals surface area contributed by atoms with Crippen molar-refractivity contribution < 1.29 is 13.2 Å². The summed E-state index contributed by atoms with van der Waals surface area (Å²) >= 11 is 0. The molecule has 36 heavy (non-hydrogen) atoms. The Morgan fingerprint density at radius 2 is 1.14 bits per heavy atom. The van der Waals surface area contributed by atoms with Crippen molar-refractivity contribution in [2.24, 2.45) is 0 Å². The highest BCUT2D eigenvalue weighted by atomic mass is 32.2. The van der Waals surface area contributed by atoms with Gasteiger partial charge >= 0.3 is 0 Å². The molecular weight excluding hydrogens is 466 g/mol. The van der Waals surface area contributed by atoms with Crippen molar-refractivity contribution in [3.05, 3.63) is 96.1 Å². The second-order valence-corrected chi connectivity index (χ2v) is 11.1. The lowest BCUT2D eigenvalue weighted by Gasteiger charge is -2.26. The SMILES string of the molecule is CCCCCCCCCCCCN(c1ccccc1C(=O)c1ccccc1)S(=O)(=O)c1ccccc1. The van der Waals surface area contributed by atoms with E-state index in [9.17, 15) is 13.2 Å². The number of carbonyl (C=O) groups is 1. The molecule has 0 N–H and O–H groups in total. The maximum Gasteiger partial charge on any atom is 0.264 e. The Kier molecular flexibility index (Phi) is 11.2. The Morgan fingerprint density at radius 3 is 1.75 bits per heavy atom. The molecule has 0 aliphatic carbocycles. The highest BCUT2D eigenvalue weighted by molar-refractivity contribution is 7.92. The second kappa shape index (κ2) is 14.6. The van der Waals surface area contributed by atoms with Crippen molar-refractivity contribution >= 4 is 21.5 Å². The minimum atomic E-state index is -3.82. The number of hydrogen-bond donors (Lipinski definition) is 0. The van der Waals surface area contributed by atoms with Gasteiger partial charge in [-0.3, -0.25) is 9.10 Å². The third-order valence-electron chi connectivity index (χ3n) is 6.50. The number of para-hydroxylation sites is 1. The molecular formula is C31H39NO3S. The summed E-state index contributed by atoms with van der Waals surface area (Å²) < 4.78 is 28.9. The fourth-order valence-electron chi connectivity index (χ4n) is 4.46. The van der Waals surface area contributed by atoms with Gasteiger partial charge in [0.05, 0.1) is 10.6 Å². The third kappa shape index (κ3) is 7.79. The quantitative estimate of drug-likeness (QED) is 0.146. The normalized spacial score (nSPS) is 11.4. The van der Waals surface area contributed by atoms with Crippen LogP contribution in [-0.2, 0) is 10.0 Å². The summed E-state index contributed by atoms with van der Waals surface area (Å²) in [4.78, 5) is 13.6. The number of sulfonamides is 1. The predicted octanol–water partition coefficient (Wildman–Crippen LogP) is 8.03. The van der Waals surface area contributed by atoms with Crippen LogP contribution in [0.5, 0.6) is 0 Å². The van der Waals surface area contributed by atoms with Gasteiger partial charge in [-0.15, -0.1) is 0 Å². The number of nitrogens with zero attached hydrogens (tertiary/aromatic N) is 1. The number of carbonyl (C=O) groups excluding carboxylic acids is 1. The average molecular weight is 506 g/mol. The molecule has 0 amide bonds. The van der Waals surface area contributed by atoms with E-state index in [-0.39, 0.29) is 10.7 Å². The summed E-state index contributed by atoms with van der Waals surface area (Å²) in [6.07, 6.45) is 11.7. The standard InChI is InChI=1S/C31H39NO3S/c1-2-3-4-5-6-7-8-9-10-19-26-32(36(34,35)28-22-15-12-16-23-28)30-25-18-17-24-29(30)31(33)27-20-13-11-14-21-27/h11-18,20-25H,2-10,19,26H2,1H3. The monoisotopic (exact) mass is 505 g/mol. The molecule has 0 saturated heterocycles. The lowest BCUT2D eigenvalue weighted by molar-refractivity contribution is 0.103. The Morgan fingerprint density at radius 1 is 0.639 bits per heavy atom. The zero-order chi connectivity index (χ0) is 25.6. The van der Waals surface area contributed by atoms with Crippen molar-refractivity contribution in [1.82, 2.24) is 0 Å². The van der Waals surface area contributed by atoms with Crippen molar-refractivity contribution in [3.8, 4) is 0 Å². The number of unbranched alkanes of at least 4 members (excludes halogenated alkanes) is 9. The van der Waals surface area contributed by atoms with Crippen LogP contribution in [-0.4, -0.2) is 20.7 Å². The zero-order valence-electron chi connectivity index (χ0n) is 21.4. The molecule has 5 heteroatoms. The Labute approximate surface area is 217 Å². The van der Waals surface area contributed by atoms with Crippen LogP contribution in [0.4, 0.5) is 5.69 Å². The minimum Gasteiger partial charge on any atom is -0.289 e. The molecule has 192 valence electrons.